The molecule has 1 aliphatic carbocycles. The zero-order valence-electron chi connectivity index (χ0n) is 11.6. The summed E-state index contributed by atoms with van der Waals surface area (Å²) in [5.41, 5.74) is 0. The Hall–Kier alpha value is -1.11. The summed E-state index contributed by atoms with van der Waals surface area (Å²) in [6.07, 6.45) is 2.00. The summed E-state index contributed by atoms with van der Waals surface area (Å²) in [6, 6.07) is -0.235. The topological polar surface area (TPSA) is 91.8 Å². The molecule has 1 aliphatic heterocycles. The average molecular weight is 303 g/mol. The maximum absolute atomic E-state index is 12.5. The second-order valence-electron chi connectivity index (χ2n) is 5.73. The number of nitrogens with zero attached hydrogens (tertiary/aromatic N) is 1. The van der Waals surface area contributed by atoms with Crippen molar-refractivity contribution in [3.8, 4) is 0 Å². The van der Waals surface area contributed by atoms with Crippen molar-refractivity contribution in [3.63, 3.8) is 0 Å². The zero-order valence-corrected chi connectivity index (χ0v) is 12.4. The Balaban J connectivity index is 2.02. The maximum Gasteiger partial charge on any atom is 0.306 e. The first-order chi connectivity index (χ1) is 9.34. The van der Waals surface area contributed by atoms with E-state index >= 15 is 0 Å². The van der Waals surface area contributed by atoms with Crippen molar-refractivity contribution in [2.75, 3.05) is 18.1 Å². The van der Waals surface area contributed by atoms with Crippen molar-refractivity contribution in [2.24, 2.45) is 11.8 Å². The van der Waals surface area contributed by atoms with Crippen LogP contribution in [0.3, 0.4) is 0 Å². The lowest BCUT2D eigenvalue weighted by Gasteiger charge is -2.29. The van der Waals surface area contributed by atoms with Gasteiger partial charge in [0.2, 0.25) is 5.91 Å². The van der Waals surface area contributed by atoms with E-state index in [1.54, 1.807) is 4.90 Å². The molecule has 0 aromatic carbocycles. The van der Waals surface area contributed by atoms with Gasteiger partial charge in [0, 0.05) is 18.5 Å². The van der Waals surface area contributed by atoms with Gasteiger partial charge < -0.3 is 10.0 Å². The second kappa shape index (κ2) is 5.71. The number of sulfone groups is 1. The van der Waals surface area contributed by atoms with Crippen molar-refractivity contribution >= 4 is 21.7 Å². The van der Waals surface area contributed by atoms with Crippen LogP contribution in [0.5, 0.6) is 0 Å². The highest BCUT2D eigenvalue weighted by molar-refractivity contribution is 7.91. The Morgan fingerprint density at radius 3 is 2.30 bits per heavy atom. The van der Waals surface area contributed by atoms with Crippen LogP contribution in [0.2, 0.25) is 0 Å². The van der Waals surface area contributed by atoms with Gasteiger partial charge in [-0.15, -0.1) is 0 Å². The van der Waals surface area contributed by atoms with Gasteiger partial charge in [-0.25, -0.2) is 8.42 Å². The quantitative estimate of drug-likeness (QED) is 0.817. The molecular formula is C13H21NO5S. The van der Waals surface area contributed by atoms with Gasteiger partial charge in [-0.1, -0.05) is 0 Å². The highest BCUT2D eigenvalue weighted by atomic mass is 32.2. The van der Waals surface area contributed by atoms with Crippen LogP contribution >= 0.6 is 0 Å². The fraction of sp³-hybridized carbons (Fsp3) is 0.846. The third-order valence-corrected chi connectivity index (χ3v) is 6.15. The monoisotopic (exact) mass is 303 g/mol. The lowest BCUT2D eigenvalue weighted by molar-refractivity contribution is -0.141. The second-order valence-corrected chi connectivity index (χ2v) is 7.95. The van der Waals surface area contributed by atoms with E-state index in [4.69, 9.17) is 5.11 Å². The first kappa shape index (κ1) is 15.3. The van der Waals surface area contributed by atoms with Gasteiger partial charge >= 0.3 is 5.97 Å². The summed E-state index contributed by atoms with van der Waals surface area (Å²) in [7, 11) is -3.02. The van der Waals surface area contributed by atoms with Crippen LogP contribution in [0.4, 0.5) is 0 Å². The van der Waals surface area contributed by atoms with Crippen LogP contribution in [-0.4, -0.2) is 54.4 Å². The SMILES string of the molecule is CCN(C(=O)[C@@H]1CC[C@H](C(=O)O)C1)C1CCS(=O)(=O)C1. The van der Waals surface area contributed by atoms with E-state index in [9.17, 15) is 18.0 Å². The molecule has 0 aromatic heterocycles. The van der Waals surface area contributed by atoms with Crippen molar-refractivity contribution in [3.05, 3.63) is 0 Å². The van der Waals surface area contributed by atoms with Gasteiger partial charge in [0.05, 0.1) is 17.4 Å². The standard InChI is InChI=1S/C13H21NO5S/c1-2-14(11-5-6-20(18,19)8-11)12(15)9-3-4-10(7-9)13(16)17/h9-11H,2-8H2,1H3,(H,16,17)/t9-,10+,11?/m1/s1. The minimum Gasteiger partial charge on any atom is -0.481 e. The highest BCUT2D eigenvalue weighted by Gasteiger charge is 2.40. The molecule has 2 aliphatic rings. The summed E-state index contributed by atoms with van der Waals surface area (Å²) in [4.78, 5) is 25.1. The van der Waals surface area contributed by atoms with Gasteiger partial charge in [-0.05, 0) is 32.6 Å². The lowest BCUT2D eigenvalue weighted by atomic mass is 10.0. The van der Waals surface area contributed by atoms with Gasteiger partial charge in [0.15, 0.2) is 9.84 Å². The van der Waals surface area contributed by atoms with Gasteiger partial charge in [-0.3, -0.25) is 9.59 Å². The molecular weight excluding hydrogens is 282 g/mol. The Kier molecular flexibility index (Phi) is 4.36. The summed E-state index contributed by atoms with van der Waals surface area (Å²) in [6.45, 7) is 2.32. The molecule has 2 rings (SSSR count). The molecule has 3 atom stereocenters. The number of carbonyl (C=O) groups excluding carboxylic acids is 1. The van der Waals surface area contributed by atoms with Crippen LogP contribution < -0.4 is 0 Å². The number of amides is 1. The minimum absolute atomic E-state index is 0.0433. The summed E-state index contributed by atoms with van der Waals surface area (Å²) in [5.74, 6) is -1.43. The van der Waals surface area contributed by atoms with Gasteiger partial charge in [0.25, 0.3) is 0 Å². The van der Waals surface area contributed by atoms with E-state index in [0.717, 1.165) is 0 Å². The first-order valence-electron chi connectivity index (χ1n) is 7.07. The van der Waals surface area contributed by atoms with Crippen LogP contribution in [0, 0.1) is 11.8 Å². The largest absolute Gasteiger partial charge is 0.481 e. The lowest BCUT2D eigenvalue weighted by Crippen LogP contribution is -2.43. The van der Waals surface area contributed by atoms with Crippen molar-refractivity contribution in [1.82, 2.24) is 4.90 Å². The highest BCUT2D eigenvalue weighted by Crippen LogP contribution is 2.33. The molecule has 1 heterocycles. The molecule has 0 aromatic rings. The molecule has 1 unspecified atom stereocenters. The van der Waals surface area contributed by atoms with E-state index in [-0.39, 0.29) is 29.4 Å². The molecule has 20 heavy (non-hydrogen) atoms. The fourth-order valence-electron chi connectivity index (χ4n) is 3.28. The number of carbonyl (C=O) groups is 2. The average Bonchev–Trinajstić information content (AvgIpc) is 2.97. The van der Waals surface area contributed by atoms with Crippen molar-refractivity contribution < 1.29 is 23.1 Å². The third-order valence-electron chi connectivity index (χ3n) is 4.40. The third kappa shape index (κ3) is 3.13. The molecule has 2 fully saturated rings. The Labute approximate surface area is 119 Å². The molecule has 1 N–H and O–H groups in total. The predicted molar refractivity (Wildman–Crippen MR) is 72.9 cm³/mol. The summed E-state index contributed by atoms with van der Waals surface area (Å²) >= 11 is 0. The Morgan fingerprint density at radius 2 is 1.85 bits per heavy atom. The summed E-state index contributed by atoms with van der Waals surface area (Å²) in [5, 5.41) is 8.98. The number of aliphatic carboxylic acids is 1. The molecule has 1 amide bonds. The zero-order chi connectivity index (χ0) is 14.9. The van der Waals surface area contributed by atoms with Crippen LogP contribution in [-0.2, 0) is 19.4 Å². The van der Waals surface area contributed by atoms with E-state index in [0.29, 0.717) is 32.2 Å². The molecule has 6 nitrogen and oxygen atoms in total. The molecule has 0 spiro atoms. The van der Waals surface area contributed by atoms with Crippen molar-refractivity contribution in [1.29, 1.82) is 0 Å². The molecule has 1 saturated heterocycles. The predicted octanol–water partition coefficient (Wildman–Crippen LogP) is 0.523. The number of hydrogen-bond acceptors (Lipinski definition) is 4. The minimum atomic E-state index is -3.02. The molecule has 0 bridgehead atoms. The van der Waals surface area contributed by atoms with E-state index in [1.165, 1.54) is 0 Å². The van der Waals surface area contributed by atoms with Gasteiger partial charge in [-0.2, -0.15) is 0 Å². The number of carboxylic acid groups (broad SMARTS) is 1. The van der Waals surface area contributed by atoms with Crippen LogP contribution in [0.1, 0.15) is 32.6 Å². The van der Waals surface area contributed by atoms with Crippen LogP contribution in [0.25, 0.3) is 0 Å². The number of hydrogen-bond donors (Lipinski definition) is 1. The molecule has 7 heteroatoms. The maximum atomic E-state index is 12.5. The molecule has 114 valence electrons. The molecule has 0 radical (unpaired) electrons. The summed E-state index contributed by atoms with van der Waals surface area (Å²) < 4.78 is 23.1. The van der Waals surface area contributed by atoms with Crippen LogP contribution in [0.15, 0.2) is 0 Å². The van der Waals surface area contributed by atoms with Gasteiger partial charge in [0.1, 0.15) is 0 Å². The number of carboxylic acids is 1. The van der Waals surface area contributed by atoms with E-state index in [1.807, 2.05) is 6.92 Å². The first-order valence-corrected chi connectivity index (χ1v) is 8.90. The Bertz CT molecular complexity index is 501. The van der Waals surface area contributed by atoms with Crippen molar-refractivity contribution in [2.45, 2.75) is 38.6 Å². The Morgan fingerprint density at radius 1 is 1.20 bits per heavy atom. The fourth-order valence-corrected chi connectivity index (χ4v) is 5.01. The number of rotatable bonds is 4. The normalized spacial score (nSPS) is 32.1. The van der Waals surface area contributed by atoms with E-state index < -0.39 is 21.7 Å². The smallest absolute Gasteiger partial charge is 0.306 e. The van der Waals surface area contributed by atoms with E-state index in [2.05, 4.69) is 0 Å². The molecule has 1 saturated carbocycles.